The minimum Gasteiger partial charge on any atom is -0.370 e. The quantitative estimate of drug-likeness (QED) is 0.804. The molecule has 2 aromatic carbocycles. The van der Waals surface area contributed by atoms with E-state index >= 15 is 0 Å². The first-order chi connectivity index (χ1) is 10.6. The van der Waals surface area contributed by atoms with Crippen LogP contribution in [0.3, 0.4) is 0 Å². The Bertz CT molecular complexity index is 651. The highest BCUT2D eigenvalue weighted by atomic mass is 32.5. The fourth-order valence-corrected chi connectivity index (χ4v) is 6.20. The van der Waals surface area contributed by atoms with Gasteiger partial charge in [0.15, 0.2) is 0 Å². The molecule has 0 spiro atoms. The Morgan fingerprint density at radius 2 is 1.41 bits per heavy atom. The lowest BCUT2D eigenvalue weighted by Crippen LogP contribution is -2.13. The van der Waals surface area contributed by atoms with Gasteiger partial charge in [0.25, 0.3) is 0 Å². The fourth-order valence-electron chi connectivity index (χ4n) is 2.45. The van der Waals surface area contributed by atoms with E-state index in [1.165, 1.54) is 0 Å². The highest BCUT2D eigenvalue weighted by Gasteiger charge is 2.42. The van der Waals surface area contributed by atoms with Crippen LogP contribution in [0.5, 0.6) is 0 Å². The molecule has 1 heterocycles. The van der Waals surface area contributed by atoms with E-state index in [0.29, 0.717) is 0 Å². The number of benzene rings is 2. The van der Waals surface area contributed by atoms with Crippen LogP contribution < -0.4 is 5.32 Å². The van der Waals surface area contributed by atoms with Crippen molar-refractivity contribution in [2.45, 2.75) is 31.8 Å². The lowest BCUT2D eigenvalue weighted by molar-refractivity contribution is 0.187. The molecule has 22 heavy (non-hydrogen) atoms. The molecule has 1 aliphatic rings. The molecule has 3 atom stereocenters. The van der Waals surface area contributed by atoms with E-state index in [1.54, 1.807) is 0 Å². The van der Waals surface area contributed by atoms with Crippen molar-refractivity contribution < 1.29 is 9.05 Å². The Morgan fingerprint density at radius 3 is 1.95 bits per heavy atom. The van der Waals surface area contributed by atoms with Crippen molar-refractivity contribution in [3.63, 3.8) is 0 Å². The van der Waals surface area contributed by atoms with Crippen LogP contribution in [0.25, 0.3) is 0 Å². The van der Waals surface area contributed by atoms with Gasteiger partial charge < -0.3 is 14.4 Å². The molecule has 1 N–H and O–H groups in total. The minimum atomic E-state index is -2.46. The van der Waals surface area contributed by atoms with E-state index in [9.17, 15) is 0 Å². The highest BCUT2D eigenvalue weighted by Crippen LogP contribution is 2.66. The summed E-state index contributed by atoms with van der Waals surface area (Å²) in [7, 11) is 0. The molecule has 1 fully saturated rings. The standard InChI is InChI=1S/C17H20NO2PS/c1-13-14(2)20-21(22,19-13)17(15-9-5-3-6-10-15)18-16-11-7-4-8-12-16/h3-14,17-18H,1-2H3. The first-order valence-corrected chi connectivity index (χ1v) is 10.1. The zero-order valence-corrected chi connectivity index (χ0v) is 14.4. The first kappa shape index (κ1) is 15.7. The second-order valence-electron chi connectivity index (χ2n) is 5.48. The van der Waals surface area contributed by atoms with Gasteiger partial charge in [-0.15, -0.1) is 0 Å². The lowest BCUT2D eigenvalue weighted by Gasteiger charge is -2.28. The Balaban J connectivity index is 1.95. The Morgan fingerprint density at radius 1 is 0.909 bits per heavy atom. The van der Waals surface area contributed by atoms with E-state index in [4.69, 9.17) is 20.9 Å². The van der Waals surface area contributed by atoms with Gasteiger partial charge in [-0.1, -0.05) is 48.5 Å². The molecule has 0 aliphatic carbocycles. The number of anilines is 1. The van der Waals surface area contributed by atoms with E-state index in [0.717, 1.165) is 11.3 Å². The van der Waals surface area contributed by atoms with Crippen molar-refractivity contribution in [1.82, 2.24) is 0 Å². The van der Waals surface area contributed by atoms with Crippen LogP contribution in [0.1, 0.15) is 25.2 Å². The van der Waals surface area contributed by atoms with Crippen molar-refractivity contribution in [1.29, 1.82) is 0 Å². The third-order valence-electron chi connectivity index (χ3n) is 3.80. The summed E-state index contributed by atoms with van der Waals surface area (Å²) < 4.78 is 12.2. The first-order valence-electron chi connectivity index (χ1n) is 7.41. The molecule has 5 heteroatoms. The summed E-state index contributed by atoms with van der Waals surface area (Å²) in [6.45, 7) is 1.58. The minimum absolute atomic E-state index is 0.0228. The van der Waals surface area contributed by atoms with Gasteiger partial charge in [-0.2, -0.15) is 0 Å². The zero-order chi connectivity index (χ0) is 15.6. The van der Waals surface area contributed by atoms with Gasteiger partial charge in [0.2, 0.25) is 6.49 Å². The number of nitrogens with one attached hydrogen (secondary N) is 1. The molecule has 0 amide bonds. The molecule has 3 unspecified atom stereocenters. The van der Waals surface area contributed by atoms with E-state index in [-0.39, 0.29) is 18.0 Å². The van der Waals surface area contributed by atoms with Crippen LogP contribution in [0.15, 0.2) is 60.7 Å². The Hall–Kier alpha value is -1.19. The summed E-state index contributed by atoms with van der Waals surface area (Å²) in [6, 6.07) is 20.2. The van der Waals surface area contributed by atoms with Crippen molar-refractivity contribution in [3.8, 4) is 0 Å². The SMILES string of the molecule is CC1OP(=S)(C(Nc2ccccc2)c2ccccc2)OC1C. The lowest BCUT2D eigenvalue weighted by atomic mass is 10.2. The second-order valence-corrected chi connectivity index (χ2v) is 9.03. The normalized spacial score (nSPS) is 29.2. The van der Waals surface area contributed by atoms with Crippen molar-refractivity contribution in [3.05, 3.63) is 66.2 Å². The average Bonchev–Trinajstić information content (AvgIpc) is 2.80. The summed E-state index contributed by atoms with van der Waals surface area (Å²) in [5.41, 5.74) is 2.11. The molecule has 0 bridgehead atoms. The maximum absolute atomic E-state index is 6.09. The van der Waals surface area contributed by atoms with Gasteiger partial charge in [0, 0.05) is 5.69 Å². The molecular weight excluding hydrogens is 313 g/mol. The number of rotatable bonds is 4. The van der Waals surface area contributed by atoms with E-state index in [1.807, 2.05) is 62.4 Å². The topological polar surface area (TPSA) is 30.5 Å². The van der Waals surface area contributed by atoms with Crippen molar-refractivity contribution in [2.75, 3.05) is 5.32 Å². The molecule has 116 valence electrons. The van der Waals surface area contributed by atoms with Crippen LogP contribution in [-0.2, 0) is 20.9 Å². The monoisotopic (exact) mass is 333 g/mol. The number of para-hydroxylation sites is 1. The smallest absolute Gasteiger partial charge is 0.216 e. The average molecular weight is 333 g/mol. The van der Waals surface area contributed by atoms with Gasteiger partial charge in [0.1, 0.15) is 5.78 Å². The van der Waals surface area contributed by atoms with Gasteiger partial charge >= 0.3 is 0 Å². The van der Waals surface area contributed by atoms with Crippen LogP contribution in [-0.4, -0.2) is 12.2 Å². The number of hydrogen-bond acceptors (Lipinski definition) is 4. The molecule has 2 aromatic rings. The second kappa shape index (κ2) is 6.51. The largest absolute Gasteiger partial charge is 0.370 e. The van der Waals surface area contributed by atoms with Gasteiger partial charge in [-0.05, 0) is 43.4 Å². The summed E-state index contributed by atoms with van der Waals surface area (Å²) in [5.74, 6) is -0.154. The van der Waals surface area contributed by atoms with Crippen LogP contribution in [0.2, 0.25) is 0 Å². The zero-order valence-electron chi connectivity index (χ0n) is 12.7. The Labute approximate surface area is 136 Å². The molecule has 3 nitrogen and oxygen atoms in total. The fraction of sp³-hybridized carbons (Fsp3) is 0.294. The molecule has 1 saturated heterocycles. The molecular formula is C17H20NO2PS. The number of hydrogen-bond donors (Lipinski definition) is 1. The highest BCUT2D eigenvalue weighted by molar-refractivity contribution is 8.10. The van der Waals surface area contributed by atoms with Crippen molar-refractivity contribution in [2.24, 2.45) is 0 Å². The Kier molecular flexibility index (Phi) is 4.65. The third-order valence-corrected chi connectivity index (χ3v) is 7.26. The molecule has 3 rings (SSSR count). The van der Waals surface area contributed by atoms with Crippen LogP contribution in [0.4, 0.5) is 5.69 Å². The summed E-state index contributed by atoms with van der Waals surface area (Å²) in [6.07, 6.45) is 0.0456. The molecule has 0 saturated carbocycles. The predicted molar refractivity (Wildman–Crippen MR) is 94.6 cm³/mol. The predicted octanol–water partition coefficient (Wildman–Crippen LogP) is 4.93. The molecule has 0 radical (unpaired) electrons. The van der Waals surface area contributed by atoms with Gasteiger partial charge in [-0.25, -0.2) is 0 Å². The van der Waals surface area contributed by atoms with E-state index in [2.05, 4.69) is 17.4 Å². The van der Waals surface area contributed by atoms with Gasteiger partial charge in [0.05, 0.1) is 12.2 Å². The maximum Gasteiger partial charge on any atom is 0.216 e. The summed E-state index contributed by atoms with van der Waals surface area (Å²) in [5, 5.41) is 3.51. The molecule has 1 aliphatic heterocycles. The van der Waals surface area contributed by atoms with E-state index < -0.39 is 6.49 Å². The maximum atomic E-state index is 6.09. The van der Waals surface area contributed by atoms with Crippen LogP contribution in [0, 0.1) is 0 Å². The van der Waals surface area contributed by atoms with Gasteiger partial charge in [-0.3, -0.25) is 0 Å². The molecule has 0 aromatic heterocycles. The van der Waals surface area contributed by atoms with Crippen LogP contribution >= 0.6 is 6.49 Å². The summed E-state index contributed by atoms with van der Waals surface area (Å²) in [4.78, 5) is 0. The van der Waals surface area contributed by atoms with Crippen molar-refractivity contribution >= 4 is 24.0 Å². The third kappa shape index (κ3) is 3.26. The summed E-state index contributed by atoms with van der Waals surface area (Å²) >= 11 is 5.83.